The Morgan fingerprint density at radius 2 is 1.61 bits per heavy atom. The molecular formula is C17H15BrClNO2S. The third-order valence-corrected chi connectivity index (χ3v) is 5.73. The number of benzene rings is 2. The summed E-state index contributed by atoms with van der Waals surface area (Å²) in [5.41, 5.74) is 3.74. The predicted molar refractivity (Wildman–Crippen MR) is 100.0 cm³/mol. The van der Waals surface area contributed by atoms with Crippen LogP contribution in [-0.4, -0.2) is 19.7 Å². The number of halogens is 2. The molecule has 0 N–H and O–H groups in total. The van der Waals surface area contributed by atoms with Crippen LogP contribution in [0.5, 0.6) is 0 Å². The maximum atomic E-state index is 11.6. The second-order valence-electron chi connectivity index (χ2n) is 5.21. The molecule has 0 spiro atoms. The van der Waals surface area contributed by atoms with Gasteiger partial charge in [0, 0.05) is 21.7 Å². The standard InChI is InChI=1S/C17H14BrNO2S.ClH/c1-11-14-5-3-4-6-15(14)19-17(16(11)18)12-7-9-13(10-8-12)22(2,20)21;/h3-10H,1-2H3;1H. The summed E-state index contributed by atoms with van der Waals surface area (Å²) >= 11 is 3.62. The van der Waals surface area contributed by atoms with Gasteiger partial charge in [0.05, 0.1) is 16.1 Å². The number of nitrogens with zero attached hydrogens (tertiary/aromatic N) is 1. The number of fused-ring (bicyclic) bond motifs is 1. The molecule has 3 rings (SSSR count). The van der Waals surface area contributed by atoms with Gasteiger partial charge in [0.25, 0.3) is 0 Å². The van der Waals surface area contributed by atoms with E-state index in [1.807, 2.05) is 31.2 Å². The molecule has 1 heterocycles. The lowest BCUT2D eigenvalue weighted by molar-refractivity contribution is 0.602. The van der Waals surface area contributed by atoms with Crippen molar-refractivity contribution < 1.29 is 8.42 Å². The first-order valence-corrected chi connectivity index (χ1v) is 9.42. The largest absolute Gasteiger partial charge is 0.247 e. The highest BCUT2D eigenvalue weighted by molar-refractivity contribution is 9.10. The van der Waals surface area contributed by atoms with Gasteiger partial charge < -0.3 is 0 Å². The van der Waals surface area contributed by atoms with E-state index in [-0.39, 0.29) is 12.4 Å². The van der Waals surface area contributed by atoms with Gasteiger partial charge in [-0.3, -0.25) is 0 Å². The van der Waals surface area contributed by atoms with Gasteiger partial charge in [-0.1, -0.05) is 30.3 Å². The lowest BCUT2D eigenvalue weighted by Gasteiger charge is -2.11. The van der Waals surface area contributed by atoms with Crippen molar-refractivity contribution in [1.29, 1.82) is 0 Å². The van der Waals surface area contributed by atoms with Crippen LogP contribution >= 0.6 is 28.3 Å². The van der Waals surface area contributed by atoms with Gasteiger partial charge in [-0.05, 0) is 46.6 Å². The number of pyridine rings is 1. The molecule has 0 radical (unpaired) electrons. The summed E-state index contributed by atoms with van der Waals surface area (Å²) < 4.78 is 24.0. The Morgan fingerprint density at radius 1 is 1.00 bits per heavy atom. The van der Waals surface area contributed by atoms with E-state index >= 15 is 0 Å². The molecule has 0 bridgehead atoms. The van der Waals surface area contributed by atoms with Crippen molar-refractivity contribution in [1.82, 2.24) is 4.98 Å². The van der Waals surface area contributed by atoms with Gasteiger partial charge in [0.15, 0.2) is 9.84 Å². The number of hydrogen-bond acceptors (Lipinski definition) is 3. The van der Waals surface area contributed by atoms with E-state index in [1.165, 1.54) is 6.26 Å². The molecule has 0 aliphatic rings. The van der Waals surface area contributed by atoms with Gasteiger partial charge >= 0.3 is 0 Å². The zero-order valence-electron chi connectivity index (χ0n) is 12.6. The summed E-state index contributed by atoms with van der Waals surface area (Å²) in [6, 6.07) is 14.8. The van der Waals surface area contributed by atoms with Crippen LogP contribution in [0, 0.1) is 6.92 Å². The number of aryl methyl sites for hydroxylation is 1. The lowest BCUT2D eigenvalue weighted by atomic mass is 10.1. The Hall–Kier alpha value is -1.43. The molecule has 0 unspecified atom stereocenters. The smallest absolute Gasteiger partial charge is 0.175 e. The molecule has 0 aliphatic carbocycles. The maximum absolute atomic E-state index is 11.6. The van der Waals surface area contributed by atoms with Crippen molar-refractivity contribution >= 4 is 49.1 Å². The molecule has 23 heavy (non-hydrogen) atoms. The summed E-state index contributed by atoms with van der Waals surface area (Å²) in [5, 5.41) is 1.10. The number of aromatic nitrogens is 1. The third-order valence-electron chi connectivity index (χ3n) is 3.63. The van der Waals surface area contributed by atoms with Crippen molar-refractivity contribution in [3.8, 4) is 11.3 Å². The Labute approximate surface area is 150 Å². The lowest BCUT2D eigenvalue weighted by Crippen LogP contribution is -1.97. The SMILES string of the molecule is Cc1c(Br)c(-c2ccc(S(C)(=O)=O)cc2)nc2ccccc12.Cl. The van der Waals surface area contributed by atoms with Crippen molar-refractivity contribution in [2.45, 2.75) is 11.8 Å². The average molecular weight is 413 g/mol. The number of para-hydroxylation sites is 1. The molecule has 6 heteroatoms. The van der Waals surface area contributed by atoms with E-state index in [2.05, 4.69) is 15.9 Å². The first kappa shape index (κ1) is 17.9. The minimum absolute atomic E-state index is 0. The summed E-state index contributed by atoms with van der Waals surface area (Å²) in [5.74, 6) is 0. The highest BCUT2D eigenvalue weighted by Crippen LogP contribution is 2.33. The fourth-order valence-electron chi connectivity index (χ4n) is 2.40. The molecule has 3 aromatic rings. The van der Waals surface area contributed by atoms with E-state index in [9.17, 15) is 8.42 Å². The number of sulfone groups is 1. The topological polar surface area (TPSA) is 47.0 Å². The van der Waals surface area contributed by atoms with Crippen molar-refractivity contribution in [3.63, 3.8) is 0 Å². The van der Waals surface area contributed by atoms with Crippen LogP contribution in [-0.2, 0) is 9.84 Å². The predicted octanol–water partition coefficient (Wildman–Crippen LogP) is 4.80. The van der Waals surface area contributed by atoms with Crippen LogP contribution in [0.4, 0.5) is 0 Å². The van der Waals surface area contributed by atoms with Crippen LogP contribution in [0.1, 0.15) is 5.56 Å². The van der Waals surface area contributed by atoms with Gasteiger partial charge in [0.2, 0.25) is 0 Å². The quantitative estimate of drug-likeness (QED) is 0.607. The van der Waals surface area contributed by atoms with Crippen LogP contribution in [0.25, 0.3) is 22.2 Å². The van der Waals surface area contributed by atoms with Crippen LogP contribution in [0.3, 0.4) is 0 Å². The molecule has 0 saturated heterocycles. The van der Waals surface area contributed by atoms with Crippen molar-refractivity contribution in [3.05, 3.63) is 58.6 Å². The van der Waals surface area contributed by atoms with Gasteiger partial charge in [-0.15, -0.1) is 12.4 Å². The van der Waals surface area contributed by atoms with Crippen molar-refractivity contribution in [2.24, 2.45) is 0 Å². The Morgan fingerprint density at radius 3 is 2.22 bits per heavy atom. The molecular weight excluding hydrogens is 398 g/mol. The average Bonchev–Trinajstić information content (AvgIpc) is 2.50. The Balaban J connectivity index is 0.00000192. The third kappa shape index (κ3) is 3.42. The fourth-order valence-corrected chi connectivity index (χ4v) is 3.57. The first-order valence-electron chi connectivity index (χ1n) is 6.73. The Bertz CT molecular complexity index is 970. The van der Waals surface area contributed by atoms with Crippen molar-refractivity contribution in [2.75, 3.05) is 6.26 Å². The molecule has 2 aromatic carbocycles. The summed E-state index contributed by atoms with van der Waals surface area (Å²) in [7, 11) is -3.19. The van der Waals surface area contributed by atoms with E-state index < -0.39 is 9.84 Å². The summed E-state index contributed by atoms with van der Waals surface area (Å²) in [6.07, 6.45) is 1.20. The van der Waals surface area contributed by atoms with Crippen LogP contribution in [0.2, 0.25) is 0 Å². The number of hydrogen-bond donors (Lipinski definition) is 0. The van der Waals surface area contributed by atoms with E-state index in [1.54, 1.807) is 24.3 Å². The normalized spacial score (nSPS) is 11.3. The zero-order valence-corrected chi connectivity index (χ0v) is 15.8. The van der Waals surface area contributed by atoms with E-state index in [4.69, 9.17) is 4.98 Å². The second-order valence-corrected chi connectivity index (χ2v) is 8.02. The van der Waals surface area contributed by atoms with Gasteiger partial charge in [0.1, 0.15) is 0 Å². The van der Waals surface area contributed by atoms with Gasteiger partial charge in [-0.25, -0.2) is 13.4 Å². The second kappa shape index (κ2) is 6.59. The molecule has 3 nitrogen and oxygen atoms in total. The molecule has 0 aliphatic heterocycles. The molecule has 120 valence electrons. The minimum atomic E-state index is -3.19. The van der Waals surface area contributed by atoms with Gasteiger partial charge in [-0.2, -0.15) is 0 Å². The van der Waals surface area contributed by atoms with E-state index in [0.717, 1.165) is 32.2 Å². The van der Waals surface area contributed by atoms with Crippen LogP contribution in [0.15, 0.2) is 57.9 Å². The number of rotatable bonds is 2. The molecule has 0 saturated carbocycles. The maximum Gasteiger partial charge on any atom is 0.175 e. The first-order chi connectivity index (χ1) is 10.4. The molecule has 0 fully saturated rings. The molecule has 0 amide bonds. The molecule has 0 atom stereocenters. The monoisotopic (exact) mass is 411 g/mol. The summed E-state index contributed by atoms with van der Waals surface area (Å²) in [6.45, 7) is 2.04. The highest BCUT2D eigenvalue weighted by Gasteiger charge is 2.13. The fraction of sp³-hybridized carbons (Fsp3) is 0.118. The molecule has 1 aromatic heterocycles. The minimum Gasteiger partial charge on any atom is -0.247 e. The highest BCUT2D eigenvalue weighted by atomic mass is 79.9. The zero-order chi connectivity index (χ0) is 15.9. The Kier molecular flexibility index (Phi) is 5.14. The van der Waals surface area contributed by atoms with E-state index in [0.29, 0.717) is 4.90 Å². The summed E-state index contributed by atoms with van der Waals surface area (Å²) in [4.78, 5) is 5.01. The van der Waals surface area contributed by atoms with Crippen LogP contribution < -0.4 is 0 Å².